The normalized spacial score (nSPS) is 14.6. The van der Waals surface area contributed by atoms with E-state index in [2.05, 4.69) is 9.68 Å². The van der Waals surface area contributed by atoms with Gasteiger partial charge in [0.25, 0.3) is 0 Å². The predicted octanol–water partition coefficient (Wildman–Crippen LogP) is 1.60. The second-order valence-corrected chi connectivity index (χ2v) is 4.25. The van der Waals surface area contributed by atoms with Gasteiger partial charge in [0.2, 0.25) is 0 Å². The van der Waals surface area contributed by atoms with E-state index in [0.717, 1.165) is 12.8 Å². The zero-order valence-corrected chi connectivity index (χ0v) is 10.4. The molecule has 1 unspecified atom stereocenters. The quantitative estimate of drug-likeness (QED) is 0.460. The van der Waals surface area contributed by atoms with Gasteiger partial charge in [0, 0.05) is 0 Å². The molecule has 0 fully saturated rings. The van der Waals surface area contributed by atoms with Gasteiger partial charge in [0.1, 0.15) is 12.7 Å². The number of nitrogens with zero attached hydrogens (tertiary/aromatic N) is 2. The molecular weight excluding hydrogens is 232 g/mol. The fourth-order valence-electron chi connectivity index (χ4n) is 1.50. The SMILES string of the molecule is CCC(C)(CC)CC(CON(O)O)ON(O)O. The largest absolute Gasteiger partial charge is 0.266 e. The van der Waals surface area contributed by atoms with Crippen LogP contribution in [0.2, 0.25) is 0 Å². The Morgan fingerprint density at radius 1 is 1.06 bits per heavy atom. The van der Waals surface area contributed by atoms with Gasteiger partial charge in [-0.1, -0.05) is 33.6 Å². The molecule has 0 aliphatic carbocycles. The van der Waals surface area contributed by atoms with Crippen molar-refractivity contribution in [1.82, 2.24) is 10.8 Å². The summed E-state index contributed by atoms with van der Waals surface area (Å²) in [6, 6.07) is 0. The van der Waals surface area contributed by atoms with E-state index < -0.39 is 16.9 Å². The van der Waals surface area contributed by atoms with Gasteiger partial charge in [-0.05, 0) is 11.8 Å². The lowest BCUT2D eigenvalue weighted by Gasteiger charge is -2.31. The van der Waals surface area contributed by atoms with Crippen molar-refractivity contribution in [1.29, 1.82) is 0 Å². The van der Waals surface area contributed by atoms with Crippen LogP contribution in [-0.4, -0.2) is 44.3 Å². The zero-order chi connectivity index (χ0) is 13.5. The van der Waals surface area contributed by atoms with Crippen LogP contribution in [0.25, 0.3) is 0 Å². The monoisotopic (exact) mass is 254 g/mol. The van der Waals surface area contributed by atoms with Crippen LogP contribution in [0, 0.1) is 5.41 Å². The highest BCUT2D eigenvalue weighted by atomic mass is 17.1. The van der Waals surface area contributed by atoms with Crippen molar-refractivity contribution in [2.24, 2.45) is 5.41 Å². The average Bonchev–Trinajstić information content (AvgIpc) is 2.25. The van der Waals surface area contributed by atoms with E-state index in [0.29, 0.717) is 6.42 Å². The molecule has 17 heavy (non-hydrogen) atoms. The van der Waals surface area contributed by atoms with Gasteiger partial charge < -0.3 is 0 Å². The Labute approximate surface area is 100 Å². The molecule has 8 heteroatoms. The number of hydrogen-bond donors (Lipinski definition) is 4. The van der Waals surface area contributed by atoms with Gasteiger partial charge in [0.05, 0.1) is 10.8 Å². The molecule has 0 aromatic carbocycles. The Morgan fingerprint density at radius 2 is 1.59 bits per heavy atom. The Hall–Kier alpha value is -0.320. The van der Waals surface area contributed by atoms with Gasteiger partial charge in [-0.3, -0.25) is 20.8 Å². The van der Waals surface area contributed by atoms with Gasteiger partial charge in [-0.25, -0.2) is 9.68 Å². The summed E-state index contributed by atoms with van der Waals surface area (Å²) in [5, 5.41) is 33.2. The van der Waals surface area contributed by atoms with Crippen molar-refractivity contribution in [3.05, 3.63) is 0 Å². The summed E-state index contributed by atoms with van der Waals surface area (Å²) in [5.41, 5.74) is -0.0558. The first-order chi connectivity index (χ1) is 7.83. The van der Waals surface area contributed by atoms with Crippen molar-refractivity contribution in [3.63, 3.8) is 0 Å². The van der Waals surface area contributed by atoms with E-state index in [1.54, 1.807) is 0 Å². The summed E-state index contributed by atoms with van der Waals surface area (Å²) in [7, 11) is 0. The lowest BCUT2D eigenvalue weighted by Crippen LogP contribution is -2.35. The van der Waals surface area contributed by atoms with Crippen LogP contribution in [0.1, 0.15) is 40.0 Å². The maximum Gasteiger partial charge on any atom is 0.110 e. The van der Waals surface area contributed by atoms with Crippen molar-refractivity contribution in [2.75, 3.05) is 6.61 Å². The van der Waals surface area contributed by atoms with Gasteiger partial charge in [-0.15, -0.1) is 0 Å². The molecule has 104 valence electrons. The van der Waals surface area contributed by atoms with Crippen LogP contribution in [0.15, 0.2) is 0 Å². The van der Waals surface area contributed by atoms with E-state index in [9.17, 15) is 0 Å². The maximum atomic E-state index is 8.60. The molecule has 0 aromatic heterocycles. The average molecular weight is 254 g/mol. The topological polar surface area (TPSA) is 106 Å². The second-order valence-electron chi connectivity index (χ2n) is 4.25. The highest BCUT2D eigenvalue weighted by molar-refractivity contribution is 4.75. The molecule has 0 spiro atoms. The molecule has 0 radical (unpaired) electrons. The highest BCUT2D eigenvalue weighted by Crippen LogP contribution is 2.32. The first-order valence-electron chi connectivity index (χ1n) is 5.48. The molecule has 0 rings (SSSR count). The smallest absolute Gasteiger partial charge is 0.110 e. The van der Waals surface area contributed by atoms with E-state index in [-0.39, 0.29) is 12.0 Å². The van der Waals surface area contributed by atoms with Gasteiger partial charge in [0.15, 0.2) is 0 Å². The summed E-state index contributed by atoms with van der Waals surface area (Å²) >= 11 is 0. The fraction of sp³-hybridized carbons (Fsp3) is 1.00. The first kappa shape index (κ1) is 16.7. The second kappa shape index (κ2) is 7.90. The van der Waals surface area contributed by atoms with E-state index >= 15 is 0 Å². The molecule has 0 aliphatic heterocycles. The summed E-state index contributed by atoms with van der Waals surface area (Å²) < 4.78 is 0. The molecule has 0 aliphatic rings. The Morgan fingerprint density at radius 3 is 1.94 bits per heavy atom. The van der Waals surface area contributed by atoms with Crippen molar-refractivity contribution in [3.8, 4) is 0 Å². The van der Waals surface area contributed by atoms with Crippen LogP contribution >= 0.6 is 0 Å². The molecule has 1 atom stereocenters. The minimum Gasteiger partial charge on any atom is -0.266 e. The van der Waals surface area contributed by atoms with E-state index in [4.69, 9.17) is 20.8 Å². The third-order valence-electron chi connectivity index (χ3n) is 3.05. The Balaban J connectivity index is 4.35. The molecule has 0 bridgehead atoms. The molecule has 8 nitrogen and oxygen atoms in total. The summed E-state index contributed by atoms with van der Waals surface area (Å²) in [6.07, 6.45) is 1.52. The van der Waals surface area contributed by atoms with Crippen molar-refractivity contribution < 1.29 is 30.5 Å². The van der Waals surface area contributed by atoms with Crippen LogP contribution < -0.4 is 0 Å². The fourth-order valence-corrected chi connectivity index (χ4v) is 1.50. The van der Waals surface area contributed by atoms with Gasteiger partial charge in [-0.2, -0.15) is 0 Å². The molecule has 0 saturated carbocycles. The van der Waals surface area contributed by atoms with Crippen molar-refractivity contribution >= 4 is 0 Å². The zero-order valence-electron chi connectivity index (χ0n) is 10.4. The van der Waals surface area contributed by atoms with Gasteiger partial charge >= 0.3 is 0 Å². The van der Waals surface area contributed by atoms with Crippen LogP contribution in [0.5, 0.6) is 0 Å². The lowest BCUT2D eigenvalue weighted by atomic mass is 9.79. The molecule has 0 heterocycles. The Kier molecular flexibility index (Phi) is 7.75. The van der Waals surface area contributed by atoms with E-state index in [1.807, 2.05) is 20.8 Å². The first-order valence-corrected chi connectivity index (χ1v) is 5.48. The van der Waals surface area contributed by atoms with Crippen LogP contribution in [0.4, 0.5) is 0 Å². The summed E-state index contributed by atoms with van der Waals surface area (Å²) in [5.74, 6) is 0. The summed E-state index contributed by atoms with van der Waals surface area (Å²) in [6.45, 7) is 5.83. The molecular formula is C9H22N2O6. The highest BCUT2D eigenvalue weighted by Gasteiger charge is 2.27. The standard InChI is InChI=1S/C9H22N2O6/c1-4-9(3,5-2)6-8(17-11(14)15)7-16-10(12)13/h8,12-15H,4-7H2,1-3H3. The van der Waals surface area contributed by atoms with E-state index in [1.165, 1.54) is 0 Å². The Bertz CT molecular complexity index is 198. The molecule has 4 N–H and O–H groups in total. The third kappa shape index (κ3) is 7.58. The number of rotatable bonds is 9. The maximum absolute atomic E-state index is 8.60. The molecule has 0 amide bonds. The minimum absolute atomic E-state index is 0.0558. The van der Waals surface area contributed by atoms with Crippen LogP contribution in [0.3, 0.4) is 0 Å². The third-order valence-corrected chi connectivity index (χ3v) is 3.05. The van der Waals surface area contributed by atoms with Crippen molar-refractivity contribution in [2.45, 2.75) is 46.1 Å². The number of hydrogen-bond acceptors (Lipinski definition) is 8. The summed E-state index contributed by atoms with van der Waals surface area (Å²) in [4.78, 5) is 9.08. The molecule has 0 saturated heterocycles. The minimum atomic E-state index is -0.711. The lowest BCUT2D eigenvalue weighted by molar-refractivity contribution is -0.528. The molecule has 0 aromatic rings. The predicted molar refractivity (Wildman–Crippen MR) is 55.0 cm³/mol. The van der Waals surface area contributed by atoms with Crippen LogP contribution in [-0.2, 0) is 9.68 Å².